The molecule has 2 rings (SSSR count). The minimum absolute atomic E-state index is 0.0785. The monoisotopic (exact) mass is 224 g/mol. The number of hydrogen-bond donors (Lipinski definition) is 1. The molecule has 1 N–H and O–H groups in total. The Bertz CT molecular complexity index is 345. The summed E-state index contributed by atoms with van der Waals surface area (Å²) in [5, 5.41) is 9.54. The third-order valence-corrected chi connectivity index (χ3v) is 3.34. The second kappa shape index (κ2) is 4.52. The van der Waals surface area contributed by atoms with Gasteiger partial charge in [0.1, 0.15) is 5.82 Å². The fraction of sp³-hybridized carbons (Fsp3) is 0.538. The molecule has 1 atom stereocenters. The molecule has 88 valence electrons. The van der Waals surface area contributed by atoms with E-state index < -0.39 is 0 Å². The molecule has 1 fully saturated rings. The van der Waals surface area contributed by atoms with Gasteiger partial charge in [-0.25, -0.2) is 4.39 Å². The Morgan fingerprint density at radius 3 is 2.44 bits per heavy atom. The first-order chi connectivity index (χ1) is 7.64. The van der Waals surface area contributed by atoms with E-state index in [1.54, 1.807) is 12.1 Å². The molecule has 0 bridgehead atoms. The molecule has 1 aliphatic heterocycles. The molecular weight excluding hydrogens is 207 g/mol. The summed E-state index contributed by atoms with van der Waals surface area (Å²) in [4.78, 5) is 0. The Labute approximate surface area is 95.1 Å². The molecule has 0 amide bonds. The maximum atomic E-state index is 12.8. The van der Waals surface area contributed by atoms with E-state index in [1.165, 1.54) is 12.1 Å². The highest BCUT2D eigenvalue weighted by molar-refractivity contribution is 5.25. The van der Waals surface area contributed by atoms with Crippen LogP contribution in [0.1, 0.15) is 18.9 Å². The molecule has 2 nitrogen and oxygen atoms in total. The molecule has 0 saturated carbocycles. The van der Waals surface area contributed by atoms with Crippen molar-refractivity contribution in [2.45, 2.75) is 18.8 Å². The van der Waals surface area contributed by atoms with Crippen molar-refractivity contribution in [1.29, 1.82) is 0 Å². The van der Waals surface area contributed by atoms with Crippen LogP contribution in [-0.4, -0.2) is 24.9 Å². The number of aliphatic hydroxyl groups excluding tert-OH is 1. The van der Waals surface area contributed by atoms with Crippen LogP contribution >= 0.6 is 0 Å². The van der Waals surface area contributed by atoms with Crippen LogP contribution in [0.2, 0.25) is 0 Å². The van der Waals surface area contributed by atoms with Crippen LogP contribution in [0.3, 0.4) is 0 Å². The standard InChI is InChI=1S/C13H17FO2/c1-13(9-15,6-10-7-16-8-10)11-2-4-12(14)5-3-11/h2-5,10,15H,6-9H2,1H3. The second-order valence-electron chi connectivity index (χ2n) is 4.83. The molecule has 0 aliphatic carbocycles. The van der Waals surface area contributed by atoms with Gasteiger partial charge in [0.25, 0.3) is 0 Å². The van der Waals surface area contributed by atoms with Gasteiger partial charge >= 0.3 is 0 Å². The van der Waals surface area contributed by atoms with E-state index >= 15 is 0 Å². The van der Waals surface area contributed by atoms with Gasteiger partial charge in [0, 0.05) is 11.3 Å². The van der Waals surface area contributed by atoms with Gasteiger partial charge in [0.05, 0.1) is 19.8 Å². The van der Waals surface area contributed by atoms with Crippen LogP contribution in [0.25, 0.3) is 0 Å². The Hall–Kier alpha value is -0.930. The third-order valence-electron chi connectivity index (χ3n) is 3.34. The van der Waals surface area contributed by atoms with E-state index in [0.717, 1.165) is 25.2 Å². The average Bonchev–Trinajstić information content (AvgIpc) is 2.24. The Balaban J connectivity index is 2.15. The van der Waals surface area contributed by atoms with Gasteiger partial charge in [-0.2, -0.15) is 0 Å². The van der Waals surface area contributed by atoms with Crippen LogP contribution in [0, 0.1) is 11.7 Å². The molecule has 1 heterocycles. The lowest BCUT2D eigenvalue weighted by Crippen LogP contribution is -2.37. The van der Waals surface area contributed by atoms with Crippen molar-refractivity contribution < 1.29 is 14.2 Å². The summed E-state index contributed by atoms with van der Waals surface area (Å²) in [6.07, 6.45) is 0.884. The highest BCUT2D eigenvalue weighted by Gasteiger charge is 2.32. The van der Waals surface area contributed by atoms with Crippen molar-refractivity contribution in [2.75, 3.05) is 19.8 Å². The largest absolute Gasteiger partial charge is 0.395 e. The summed E-state index contributed by atoms with van der Waals surface area (Å²) >= 11 is 0. The maximum absolute atomic E-state index is 12.8. The van der Waals surface area contributed by atoms with Crippen molar-refractivity contribution in [1.82, 2.24) is 0 Å². The van der Waals surface area contributed by atoms with Crippen molar-refractivity contribution in [3.05, 3.63) is 35.6 Å². The predicted molar refractivity (Wildman–Crippen MR) is 59.8 cm³/mol. The lowest BCUT2D eigenvalue weighted by Gasteiger charge is -2.36. The summed E-state index contributed by atoms with van der Waals surface area (Å²) in [6, 6.07) is 6.40. The quantitative estimate of drug-likeness (QED) is 0.848. The number of benzene rings is 1. The highest BCUT2D eigenvalue weighted by Crippen LogP contribution is 2.33. The van der Waals surface area contributed by atoms with Gasteiger partial charge in [-0.3, -0.25) is 0 Å². The molecule has 1 aromatic carbocycles. The summed E-state index contributed by atoms with van der Waals surface area (Å²) in [5.41, 5.74) is 0.700. The van der Waals surface area contributed by atoms with Crippen molar-refractivity contribution >= 4 is 0 Å². The predicted octanol–water partition coefficient (Wildman–Crippen LogP) is 2.11. The molecule has 1 aromatic rings. The Kier molecular flexibility index (Phi) is 3.26. The lowest BCUT2D eigenvalue weighted by atomic mass is 9.75. The maximum Gasteiger partial charge on any atom is 0.123 e. The molecule has 1 aliphatic rings. The Morgan fingerprint density at radius 1 is 1.38 bits per heavy atom. The van der Waals surface area contributed by atoms with Gasteiger partial charge in [-0.15, -0.1) is 0 Å². The van der Waals surface area contributed by atoms with E-state index in [9.17, 15) is 9.50 Å². The minimum atomic E-state index is -0.290. The van der Waals surface area contributed by atoms with Crippen LogP contribution < -0.4 is 0 Å². The fourth-order valence-corrected chi connectivity index (χ4v) is 2.17. The molecule has 1 saturated heterocycles. The summed E-state index contributed by atoms with van der Waals surface area (Å²) in [5.74, 6) is 0.276. The molecule has 0 aromatic heterocycles. The third kappa shape index (κ3) is 2.25. The van der Waals surface area contributed by atoms with Crippen LogP contribution in [-0.2, 0) is 10.2 Å². The van der Waals surface area contributed by atoms with Gasteiger partial charge in [0.2, 0.25) is 0 Å². The van der Waals surface area contributed by atoms with Gasteiger partial charge in [-0.1, -0.05) is 19.1 Å². The van der Waals surface area contributed by atoms with E-state index in [0.29, 0.717) is 5.92 Å². The van der Waals surface area contributed by atoms with Gasteiger partial charge < -0.3 is 9.84 Å². The first kappa shape index (κ1) is 11.6. The van der Waals surface area contributed by atoms with Crippen molar-refractivity contribution in [3.8, 4) is 0 Å². The average molecular weight is 224 g/mol. The number of aliphatic hydroxyl groups is 1. The summed E-state index contributed by atoms with van der Waals surface area (Å²) in [7, 11) is 0. The van der Waals surface area contributed by atoms with E-state index in [-0.39, 0.29) is 17.8 Å². The normalized spacial score (nSPS) is 20.2. The van der Waals surface area contributed by atoms with E-state index in [2.05, 4.69) is 0 Å². The molecule has 0 spiro atoms. The van der Waals surface area contributed by atoms with Crippen LogP contribution in [0.5, 0.6) is 0 Å². The van der Waals surface area contributed by atoms with E-state index in [4.69, 9.17) is 4.74 Å². The highest BCUT2D eigenvalue weighted by atomic mass is 19.1. The topological polar surface area (TPSA) is 29.5 Å². The zero-order valence-electron chi connectivity index (χ0n) is 9.45. The molecule has 1 unspecified atom stereocenters. The molecule has 16 heavy (non-hydrogen) atoms. The zero-order valence-corrected chi connectivity index (χ0v) is 9.45. The minimum Gasteiger partial charge on any atom is -0.395 e. The first-order valence-electron chi connectivity index (χ1n) is 5.59. The number of hydrogen-bond acceptors (Lipinski definition) is 2. The zero-order chi connectivity index (χ0) is 11.6. The number of halogens is 1. The van der Waals surface area contributed by atoms with Crippen LogP contribution in [0.15, 0.2) is 24.3 Å². The number of rotatable bonds is 4. The lowest BCUT2D eigenvalue weighted by molar-refractivity contribution is -0.0485. The summed E-state index contributed by atoms with van der Waals surface area (Å²) in [6.45, 7) is 3.64. The second-order valence-corrected chi connectivity index (χ2v) is 4.83. The van der Waals surface area contributed by atoms with Gasteiger partial charge in [0.15, 0.2) is 0 Å². The van der Waals surface area contributed by atoms with Crippen molar-refractivity contribution in [2.24, 2.45) is 5.92 Å². The SMILES string of the molecule is CC(CO)(CC1COC1)c1ccc(F)cc1. The summed E-state index contributed by atoms with van der Waals surface area (Å²) < 4.78 is 18.0. The molecular formula is C13H17FO2. The molecule has 3 heteroatoms. The molecule has 0 radical (unpaired) electrons. The van der Waals surface area contributed by atoms with Gasteiger partial charge in [-0.05, 0) is 24.1 Å². The fourth-order valence-electron chi connectivity index (χ4n) is 2.17. The van der Waals surface area contributed by atoms with Crippen LogP contribution in [0.4, 0.5) is 4.39 Å². The van der Waals surface area contributed by atoms with Crippen molar-refractivity contribution in [3.63, 3.8) is 0 Å². The Morgan fingerprint density at radius 2 is 2.00 bits per heavy atom. The number of ether oxygens (including phenoxy) is 1. The first-order valence-corrected chi connectivity index (χ1v) is 5.59. The van der Waals surface area contributed by atoms with E-state index in [1.807, 2.05) is 6.92 Å². The smallest absolute Gasteiger partial charge is 0.123 e.